The van der Waals surface area contributed by atoms with Crippen molar-refractivity contribution in [3.8, 4) is 5.88 Å². The van der Waals surface area contributed by atoms with Crippen LogP contribution in [-0.2, 0) is 13.5 Å². The summed E-state index contributed by atoms with van der Waals surface area (Å²) < 4.78 is 8.08. The maximum Gasteiger partial charge on any atom is 0.216 e. The third kappa shape index (κ3) is 2.99. The van der Waals surface area contributed by atoms with Gasteiger partial charge in [0.15, 0.2) is 0 Å². The quantitative estimate of drug-likeness (QED) is 0.899. The third-order valence-corrected chi connectivity index (χ3v) is 4.27. The predicted octanol–water partition coefficient (Wildman–Crippen LogP) is 1.79. The number of halogens is 1. The van der Waals surface area contributed by atoms with Crippen molar-refractivity contribution in [3.05, 3.63) is 33.9 Å². The van der Waals surface area contributed by atoms with Crippen LogP contribution in [0, 0.1) is 6.92 Å². The molecule has 0 aromatic carbocycles. The van der Waals surface area contributed by atoms with E-state index in [1.54, 1.807) is 7.11 Å². The van der Waals surface area contributed by atoms with Gasteiger partial charge in [-0.2, -0.15) is 5.10 Å². The normalized spacial score (nSPS) is 12.4. The topological polar surface area (TPSA) is 64.9 Å². The van der Waals surface area contributed by atoms with Crippen molar-refractivity contribution < 1.29 is 4.74 Å². The lowest BCUT2D eigenvalue weighted by atomic mass is 10.1. The molecule has 0 aliphatic carbocycles. The van der Waals surface area contributed by atoms with Crippen molar-refractivity contribution in [3.63, 3.8) is 0 Å². The molecule has 0 saturated carbocycles. The van der Waals surface area contributed by atoms with Crippen molar-refractivity contribution in [2.24, 2.45) is 7.05 Å². The van der Waals surface area contributed by atoms with Crippen LogP contribution < -0.4 is 10.1 Å². The Bertz CT molecular complexity index is 598. The van der Waals surface area contributed by atoms with Gasteiger partial charge < -0.3 is 10.1 Å². The summed E-state index contributed by atoms with van der Waals surface area (Å²) in [5, 5.41) is 7.68. The minimum atomic E-state index is 0.0676. The highest BCUT2D eigenvalue weighted by atomic mass is 79.9. The highest BCUT2D eigenvalue weighted by Crippen LogP contribution is 2.25. The standard InChI is InChI=1S/C13H18BrN5O/c1-8-13(14)11(19(3)18-8)5-9(15-2)10-6-12(20-4)17-7-16-10/h6-7,9,15H,5H2,1-4H3. The molecule has 0 aliphatic heterocycles. The number of nitrogens with zero attached hydrogens (tertiary/aromatic N) is 4. The van der Waals surface area contributed by atoms with Crippen LogP contribution in [0.5, 0.6) is 5.88 Å². The fraction of sp³-hybridized carbons (Fsp3) is 0.462. The van der Waals surface area contributed by atoms with Crippen molar-refractivity contribution >= 4 is 15.9 Å². The fourth-order valence-corrected chi connectivity index (χ4v) is 2.60. The molecule has 0 bridgehead atoms. The number of methoxy groups -OCH3 is 1. The van der Waals surface area contributed by atoms with Gasteiger partial charge >= 0.3 is 0 Å². The van der Waals surface area contributed by atoms with E-state index in [4.69, 9.17) is 4.74 Å². The van der Waals surface area contributed by atoms with Crippen molar-refractivity contribution in [2.75, 3.05) is 14.2 Å². The fourth-order valence-electron chi connectivity index (χ4n) is 2.11. The van der Waals surface area contributed by atoms with Gasteiger partial charge in [-0.05, 0) is 29.9 Å². The Balaban J connectivity index is 2.28. The number of likely N-dealkylation sites (N-methyl/N-ethyl adjacent to an activating group) is 1. The van der Waals surface area contributed by atoms with E-state index in [0.717, 1.165) is 28.0 Å². The molecule has 1 N–H and O–H groups in total. The Morgan fingerprint density at radius 3 is 2.75 bits per heavy atom. The Labute approximate surface area is 126 Å². The summed E-state index contributed by atoms with van der Waals surface area (Å²) in [4.78, 5) is 8.36. The summed E-state index contributed by atoms with van der Waals surface area (Å²) in [6, 6.07) is 1.91. The van der Waals surface area contributed by atoms with Crippen LogP contribution in [-0.4, -0.2) is 33.9 Å². The molecule has 1 atom stereocenters. The molecule has 2 aromatic heterocycles. The number of ether oxygens (including phenoxy) is 1. The molecule has 0 spiro atoms. The summed E-state index contributed by atoms with van der Waals surface area (Å²) in [6.45, 7) is 1.98. The highest BCUT2D eigenvalue weighted by molar-refractivity contribution is 9.10. The molecule has 108 valence electrons. The second-order valence-corrected chi connectivity index (χ2v) is 5.29. The molecular formula is C13H18BrN5O. The van der Waals surface area contributed by atoms with E-state index in [1.165, 1.54) is 6.33 Å². The molecular weight excluding hydrogens is 322 g/mol. The van der Waals surface area contributed by atoms with Crippen LogP contribution in [0.25, 0.3) is 0 Å². The van der Waals surface area contributed by atoms with Crippen LogP contribution in [0.4, 0.5) is 0 Å². The van der Waals surface area contributed by atoms with Gasteiger partial charge in [0.05, 0.1) is 34.7 Å². The second kappa shape index (κ2) is 6.32. The molecule has 6 nitrogen and oxygen atoms in total. The average molecular weight is 340 g/mol. The zero-order chi connectivity index (χ0) is 14.7. The van der Waals surface area contributed by atoms with E-state index in [0.29, 0.717) is 5.88 Å². The monoisotopic (exact) mass is 339 g/mol. The molecule has 0 saturated heterocycles. The first-order chi connectivity index (χ1) is 9.56. The average Bonchev–Trinajstić information content (AvgIpc) is 2.70. The van der Waals surface area contributed by atoms with Crippen LogP contribution in [0.3, 0.4) is 0 Å². The summed E-state index contributed by atoms with van der Waals surface area (Å²) in [6.07, 6.45) is 2.29. The maximum atomic E-state index is 5.15. The minimum Gasteiger partial charge on any atom is -0.481 e. The van der Waals surface area contributed by atoms with Gasteiger partial charge in [-0.3, -0.25) is 4.68 Å². The Kier molecular flexibility index (Phi) is 4.72. The molecule has 0 radical (unpaired) electrons. The van der Waals surface area contributed by atoms with Crippen LogP contribution >= 0.6 is 15.9 Å². The molecule has 0 amide bonds. The smallest absolute Gasteiger partial charge is 0.216 e. The number of nitrogens with one attached hydrogen (secondary N) is 1. The van der Waals surface area contributed by atoms with Crippen molar-refractivity contribution in [1.82, 2.24) is 25.1 Å². The van der Waals surface area contributed by atoms with E-state index in [2.05, 4.69) is 36.3 Å². The lowest BCUT2D eigenvalue weighted by molar-refractivity contribution is 0.394. The number of aryl methyl sites for hydroxylation is 2. The highest BCUT2D eigenvalue weighted by Gasteiger charge is 2.18. The van der Waals surface area contributed by atoms with Crippen molar-refractivity contribution in [2.45, 2.75) is 19.4 Å². The number of aromatic nitrogens is 4. The Hall–Kier alpha value is -1.47. The second-order valence-electron chi connectivity index (χ2n) is 4.50. The van der Waals surface area contributed by atoms with Gasteiger partial charge in [0, 0.05) is 19.5 Å². The summed E-state index contributed by atoms with van der Waals surface area (Å²) in [5.41, 5.74) is 3.00. The molecule has 2 aromatic rings. The van der Waals surface area contributed by atoms with Gasteiger partial charge in [-0.1, -0.05) is 0 Å². The Morgan fingerprint density at radius 1 is 1.45 bits per heavy atom. The van der Waals surface area contributed by atoms with E-state index in [9.17, 15) is 0 Å². The molecule has 2 rings (SSSR count). The molecule has 0 fully saturated rings. The van der Waals surface area contributed by atoms with Gasteiger partial charge in [0.2, 0.25) is 5.88 Å². The predicted molar refractivity (Wildman–Crippen MR) is 79.7 cm³/mol. The van der Waals surface area contributed by atoms with Gasteiger partial charge in [-0.15, -0.1) is 0 Å². The SMILES string of the molecule is CNC(Cc1c(Br)c(C)nn1C)c1cc(OC)ncn1. The molecule has 1 unspecified atom stereocenters. The van der Waals surface area contributed by atoms with Crippen LogP contribution in [0.15, 0.2) is 16.9 Å². The van der Waals surface area contributed by atoms with E-state index < -0.39 is 0 Å². The van der Waals surface area contributed by atoms with Crippen molar-refractivity contribution in [1.29, 1.82) is 0 Å². The molecule has 7 heteroatoms. The summed E-state index contributed by atoms with van der Waals surface area (Å²) >= 11 is 3.59. The first-order valence-electron chi connectivity index (χ1n) is 6.28. The lowest BCUT2D eigenvalue weighted by Crippen LogP contribution is -2.21. The van der Waals surface area contributed by atoms with E-state index >= 15 is 0 Å². The van der Waals surface area contributed by atoms with E-state index in [-0.39, 0.29) is 6.04 Å². The maximum absolute atomic E-state index is 5.15. The zero-order valence-corrected chi connectivity index (χ0v) is 13.6. The molecule has 20 heavy (non-hydrogen) atoms. The largest absolute Gasteiger partial charge is 0.481 e. The summed E-state index contributed by atoms with van der Waals surface area (Å²) in [7, 11) is 5.46. The lowest BCUT2D eigenvalue weighted by Gasteiger charge is -2.16. The molecule has 0 aliphatic rings. The van der Waals surface area contributed by atoms with Gasteiger partial charge in [0.1, 0.15) is 6.33 Å². The first kappa shape index (κ1) is 14.9. The van der Waals surface area contributed by atoms with Gasteiger partial charge in [-0.25, -0.2) is 9.97 Å². The Morgan fingerprint density at radius 2 is 2.20 bits per heavy atom. The summed E-state index contributed by atoms with van der Waals surface area (Å²) in [5.74, 6) is 0.565. The first-order valence-corrected chi connectivity index (χ1v) is 7.07. The number of hydrogen-bond acceptors (Lipinski definition) is 5. The van der Waals surface area contributed by atoms with E-state index in [1.807, 2.05) is 31.8 Å². The van der Waals surface area contributed by atoms with Gasteiger partial charge in [0.25, 0.3) is 0 Å². The number of hydrogen-bond donors (Lipinski definition) is 1. The minimum absolute atomic E-state index is 0.0676. The zero-order valence-electron chi connectivity index (χ0n) is 12.0. The van der Waals surface area contributed by atoms with Crippen LogP contribution in [0.1, 0.15) is 23.1 Å². The number of rotatable bonds is 5. The molecule has 2 heterocycles. The van der Waals surface area contributed by atoms with Crippen LogP contribution in [0.2, 0.25) is 0 Å². The third-order valence-electron chi connectivity index (χ3n) is 3.24.